The van der Waals surface area contributed by atoms with Crippen molar-refractivity contribution >= 4 is 27.6 Å². The topological polar surface area (TPSA) is 0 Å². The molecule has 0 nitrogen and oxygen atoms in total. The molecule has 0 unspecified atom stereocenters. The van der Waals surface area contributed by atoms with E-state index in [2.05, 4.69) is 117 Å². The summed E-state index contributed by atoms with van der Waals surface area (Å²) < 4.78 is 0. The molecule has 0 saturated carbocycles. The molecule has 0 aromatic heterocycles. The van der Waals surface area contributed by atoms with Gasteiger partial charge in [-0.05, 0) is 50.7 Å². The lowest BCUT2D eigenvalue weighted by molar-refractivity contribution is 1.60. The Bertz CT molecular complexity index is 1260. The number of allylic oxidation sites excluding steroid dienone is 6. The monoisotopic (exact) mass is 372 g/mol. The lowest BCUT2D eigenvalue weighted by Gasteiger charge is -2.12. The van der Waals surface area contributed by atoms with E-state index in [1.807, 2.05) is 6.08 Å². The highest BCUT2D eigenvalue weighted by atomic mass is 14.1. The van der Waals surface area contributed by atoms with E-state index < -0.39 is 0 Å². The highest BCUT2D eigenvalue weighted by Crippen LogP contribution is 2.35. The summed E-state index contributed by atoms with van der Waals surface area (Å²) in [5.74, 6) is 0. The van der Waals surface area contributed by atoms with Gasteiger partial charge in [0.25, 0.3) is 0 Å². The van der Waals surface area contributed by atoms with Crippen LogP contribution in [0.3, 0.4) is 0 Å². The van der Waals surface area contributed by atoms with Crippen molar-refractivity contribution in [1.82, 2.24) is 0 Å². The first kappa shape index (κ1) is 18.7. The van der Waals surface area contributed by atoms with Crippen LogP contribution in [0.1, 0.15) is 12.5 Å². The zero-order valence-electron chi connectivity index (χ0n) is 16.7. The molecule has 0 aliphatic carbocycles. The maximum Gasteiger partial charge on any atom is -0.00987 e. The van der Waals surface area contributed by atoms with Crippen LogP contribution < -0.4 is 0 Å². The number of benzene rings is 4. The Morgan fingerprint density at radius 2 is 1.38 bits per heavy atom. The zero-order valence-corrected chi connectivity index (χ0v) is 16.7. The van der Waals surface area contributed by atoms with Gasteiger partial charge in [0.1, 0.15) is 0 Å². The zero-order chi connectivity index (χ0) is 20.1. The number of rotatable bonds is 5. The van der Waals surface area contributed by atoms with Gasteiger partial charge in [-0.3, -0.25) is 0 Å². The van der Waals surface area contributed by atoms with Gasteiger partial charge in [-0.1, -0.05) is 122 Å². The van der Waals surface area contributed by atoms with E-state index >= 15 is 0 Å². The molecule has 0 spiro atoms. The summed E-state index contributed by atoms with van der Waals surface area (Å²) >= 11 is 0. The Kier molecular flexibility index (Phi) is 5.54. The van der Waals surface area contributed by atoms with Gasteiger partial charge >= 0.3 is 0 Å². The minimum Gasteiger partial charge on any atom is -0.0991 e. The largest absolute Gasteiger partial charge is 0.0991 e. The van der Waals surface area contributed by atoms with Gasteiger partial charge < -0.3 is 0 Å². The molecule has 0 heteroatoms. The SMILES string of the molecule is C=CC=CC(C=Cc1ccc(-c2cccc3ccccc23)c2ccccc12)=CC. The van der Waals surface area contributed by atoms with E-state index in [9.17, 15) is 0 Å². The van der Waals surface area contributed by atoms with Crippen LogP contribution >= 0.6 is 0 Å². The first-order valence-electron chi connectivity index (χ1n) is 9.95. The molecule has 0 bridgehead atoms. The first-order valence-corrected chi connectivity index (χ1v) is 9.95. The van der Waals surface area contributed by atoms with Crippen LogP contribution in [0.5, 0.6) is 0 Å². The van der Waals surface area contributed by atoms with E-state index in [4.69, 9.17) is 0 Å². The predicted molar refractivity (Wildman–Crippen MR) is 129 cm³/mol. The Morgan fingerprint density at radius 1 is 0.690 bits per heavy atom. The summed E-state index contributed by atoms with van der Waals surface area (Å²) in [5, 5.41) is 5.09. The van der Waals surface area contributed by atoms with Gasteiger partial charge in [-0.15, -0.1) is 0 Å². The summed E-state index contributed by atoms with van der Waals surface area (Å²) in [6, 6.07) is 28.3. The van der Waals surface area contributed by atoms with Crippen LogP contribution in [-0.4, -0.2) is 0 Å². The Hall–Kier alpha value is -3.64. The minimum atomic E-state index is 1.16. The molecule has 0 fully saturated rings. The van der Waals surface area contributed by atoms with Crippen molar-refractivity contribution in [1.29, 1.82) is 0 Å². The molecule has 0 radical (unpaired) electrons. The van der Waals surface area contributed by atoms with Gasteiger partial charge in [0.2, 0.25) is 0 Å². The fourth-order valence-electron chi connectivity index (χ4n) is 3.78. The summed E-state index contributed by atoms with van der Waals surface area (Å²) in [6.45, 7) is 5.80. The summed E-state index contributed by atoms with van der Waals surface area (Å²) in [4.78, 5) is 0. The number of hydrogen-bond donors (Lipinski definition) is 0. The van der Waals surface area contributed by atoms with Crippen LogP contribution in [0.4, 0.5) is 0 Å². The Morgan fingerprint density at radius 3 is 2.17 bits per heavy atom. The lowest BCUT2D eigenvalue weighted by atomic mass is 9.92. The van der Waals surface area contributed by atoms with Crippen molar-refractivity contribution in [3.63, 3.8) is 0 Å². The van der Waals surface area contributed by atoms with Crippen molar-refractivity contribution in [2.75, 3.05) is 0 Å². The third-order valence-corrected chi connectivity index (χ3v) is 5.25. The third-order valence-electron chi connectivity index (χ3n) is 5.25. The predicted octanol–water partition coefficient (Wildman–Crippen LogP) is 8.36. The van der Waals surface area contributed by atoms with E-state index in [1.54, 1.807) is 6.08 Å². The van der Waals surface area contributed by atoms with Crippen LogP contribution in [0.25, 0.3) is 38.7 Å². The van der Waals surface area contributed by atoms with Gasteiger partial charge in [-0.2, -0.15) is 0 Å². The fourth-order valence-corrected chi connectivity index (χ4v) is 3.78. The van der Waals surface area contributed by atoms with Gasteiger partial charge in [-0.25, -0.2) is 0 Å². The maximum absolute atomic E-state index is 3.75. The molecule has 0 aliphatic rings. The second kappa shape index (κ2) is 8.58. The van der Waals surface area contributed by atoms with Crippen molar-refractivity contribution in [3.05, 3.63) is 127 Å². The molecule has 0 amide bonds. The molecule has 140 valence electrons. The standard InChI is InChI=1S/C29H24/c1-3-5-11-22(4-2)18-19-24-20-21-29(27-16-9-8-15-26(24)27)28-17-10-13-23-12-6-7-14-25(23)28/h3-21H,1H2,2H3. The van der Waals surface area contributed by atoms with E-state index in [-0.39, 0.29) is 0 Å². The molecular formula is C29H24. The number of hydrogen-bond acceptors (Lipinski definition) is 0. The number of fused-ring (bicyclic) bond motifs is 2. The van der Waals surface area contributed by atoms with E-state index in [0.717, 1.165) is 5.57 Å². The van der Waals surface area contributed by atoms with Gasteiger partial charge in [0.05, 0.1) is 0 Å². The van der Waals surface area contributed by atoms with E-state index in [1.165, 1.54) is 38.2 Å². The first-order chi connectivity index (χ1) is 14.3. The third kappa shape index (κ3) is 3.83. The fraction of sp³-hybridized carbons (Fsp3) is 0.0345. The van der Waals surface area contributed by atoms with Crippen molar-refractivity contribution in [2.45, 2.75) is 6.92 Å². The lowest BCUT2D eigenvalue weighted by Crippen LogP contribution is -1.86. The van der Waals surface area contributed by atoms with Gasteiger partial charge in [0, 0.05) is 0 Å². The summed E-state index contributed by atoms with van der Waals surface area (Å²) in [6.07, 6.45) is 12.3. The highest BCUT2D eigenvalue weighted by Gasteiger charge is 2.09. The maximum atomic E-state index is 3.75. The molecule has 0 atom stereocenters. The van der Waals surface area contributed by atoms with Gasteiger partial charge in [0.15, 0.2) is 0 Å². The molecule has 0 N–H and O–H groups in total. The van der Waals surface area contributed by atoms with Crippen LogP contribution in [-0.2, 0) is 0 Å². The minimum absolute atomic E-state index is 1.16. The Balaban J connectivity index is 1.86. The molecule has 0 aliphatic heterocycles. The van der Waals surface area contributed by atoms with Crippen molar-refractivity contribution in [2.24, 2.45) is 0 Å². The van der Waals surface area contributed by atoms with E-state index in [0.29, 0.717) is 0 Å². The second-order valence-electron chi connectivity index (χ2n) is 6.99. The van der Waals surface area contributed by atoms with Crippen LogP contribution in [0.15, 0.2) is 121 Å². The average Bonchev–Trinajstić information content (AvgIpc) is 2.79. The summed E-state index contributed by atoms with van der Waals surface area (Å²) in [7, 11) is 0. The van der Waals surface area contributed by atoms with Crippen LogP contribution in [0.2, 0.25) is 0 Å². The highest BCUT2D eigenvalue weighted by molar-refractivity contribution is 6.07. The van der Waals surface area contributed by atoms with Crippen molar-refractivity contribution < 1.29 is 0 Å². The quantitative estimate of drug-likeness (QED) is 0.309. The molecule has 29 heavy (non-hydrogen) atoms. The molecule has 4 aromatic rings. The molecule has 4 aromatic carbocycles. The molecule has 4 rings (SSSR count). The second-order valence-corrected chi connectivity index (χ2v) is 6.99. The van der Waals surface area contributed by atoms with Crippen LogP contribution in [0, 0.1) is 0 Å². The summed E-state index contributed by atoms with van der Waals surface area (Å²) in [5.41, 5.74) is 4.92. The molecule has 0 heterocycles. The smallest absolute Gasteiger partial charge is 0.00987 e. The van der Waals surface area contributed by atoms with Crippen molar-refractivity contribution in [3.8, 4) is 11.1 Å². The molecular weight excluding hydrogens is 348 g/mol. The normalized spacial score (nSPS) is 12.4. The average molecular weight is 373 g/mol. The Labute approximate surface area is 172 Å². The molecule has 0 saturated heterocycles.